The lowest BCUT2D eigenvalue weighted by Gasteiger charge is -2.13. The molecular weight excluding hydrogens is 338 g/mol. The number of hydrogen-bond acceptors (Lipinski definition) is 5. The van der Waals surface area contributed by atoms with Crippen LogP contribution in [0.3, 0.4) is 0 Å². The molecular formula is C18H27N3O3S. The van der Waals surface area contributed by atoms with Gasteiger partial charge in [0.1, 0.15) is 0 Å². The molecule has 0 aromatic heterocycles. The van der Waals surface area contributed by atoms with Crippen LogP contribution in [0.5, 0.6) is 11.5 Å². The third-order valence-corrected chi connectivity index (χ3v) is 4.04. The molecule has 1 aromatic carbocycles. The molecule has 138 valence electrons. The Morgan fingerprint density at radius 2 is 2.04 bits per heavy atom. The molecule has 6 nitrogen and oxygen atoms in total. The van der Waals surface area contributed by atoms with Crippen molar-refractivity contribution < 1.29 is 14.2 Å². The predicted octanol–water partition coefficient (Wildman–Crippen LogP) is 2.85. The van der Waals surface area contributed by atoms with Crippen molar-refractivity contribution in [3.63, 3.8) is 0 Å². The number of hydrogen-bond donors (Lipinski definition) is 2. The van der Waals surface area contributed by atoms with E-state index >= 15 is 0 Å². The zero-order valence-electron chi connectivity index (χ0n) is 15.1. The van der Waals surface area contributed by atoms with Crippen molar-refractivity contribution in [2.45, 2.75) is 39.7 Å². The molecule has 1 aliphatic heterocycles. The highest BCUT2D eigenvalue weighted by Gasteiger charge is 2.15. The maximum atomic E-state index is 5.65. The molecule has 0 saturated carbocycles. The van der Waals surface area contributed by atoms with Gasteiger partial charge in [-0.1, -0.05) is 0 Å². The lowest BCUT2D eigenvalue weighted by molar-refractivity contribution is 0.114. The van der Waals surface area contributed by atoms with Crippen LogP contribution in [0.25, 0.3) is 0 Å². The summed E-state index contributed by atoms with van der Waals surface area (Å²) in [5, 5.41) is 7.97. The van der Waals surface area contributed by atoms with Gasteiger partial charge < -0.3 is 19.5 Å². The van der Waals surface area contributed by atoms with Crippen LogP contribution < -0.4 is 20.2 Å². The second kappa shape index (κ2) is 10.2. The zero-order chi connectivity index (χ0) is 18.1. The molecule has 7 heteroatoms. The summed E-state index contributed by atoms with van der Waals surface area (Å²) in [5.74, 6) is 1.46. The first-order valence-electron chi connectivity index (χ1n) is 8.73. The van der Waals surface area contributed by atoms with Crippen LogP contribution in [-0.4, -0.2) is 43.3 Å². The van der Waals surface area contributed by atoms with Crippen molar-refractivity contribution in [3.05, 3.63) is 23.8 Å². The summed E-state index contributed by atoms with van der Waals surface area (Å²) in [5.41, 5.74) is 4.63. The second-order valence-electron chi connectivity index (χ2n) is 5.68. The summed E-state index contributed by atoms with van der Waals surface area (Å²) in [4.78, 5) is 0. The summed E-state index contributed by atoms with van der Waals surface area (Å²) in [7, 11) is 0. The van der Waals surface area contributed by atoms with Gasteiger partial charge in [0.25, 0.3) is 0 Å². The van der Waals surface area contributed by atoms with Crippen molar-refractivity contribution in [2.24, 2.45) is 5.10 Å². The fourth-order valence-electron chi connectivity index (χ4n) is 2.53. The van der Waals surface area contributed by atoms with Crippen molar-refractivity contribution in [1.82, 2.24) is 10.7 Å². The van der Waals surface area contributed by atoms with E-state index in [0.717, 1.165) is 42.2 Å². The Balaban J connectivity index is 1.93. The molecule has 1 fully saturated rings. The Labute approximate surface area is 154 Å². The van der Waals surface area contributed by atoms with Crippen molar-refractivity contribution >= 4 is 23.0 Å². The van der Waals surface area contributed by atoms with Gasteiger partial charge in [0.05, 0.1) is 25.0 Å². The summed E-state index contributed by atoms with van der Waals surface area (Å²) in [6.45, 7) is 8.53. The first kappa shape index (κ1) is 19.5. The zero-order valence-corrected chi connectivity index (χ0v) is 15.9. The minimum absolute atomic E-state index is 0.240. The third-order valence-electron chi connectivity index (χ3n) is 3.80. The molecule has 1 heterocycles. The van der Waals surface area contributed by atoms with Gasteiger partial charge in [-0.05, 0) is 64.0 Å². The fraction of sp³-hybridized carbons (Fsp3) is 0.556. The normalized spacial score (nSPS) is 17.2. The largest absolute Gasteiger partial charge is 0.490 e. The monoisotopic (exact) mass is 365 g/mol. The molecule has 2 rings (SSSR count). The molecule has 0 aliphatic carbocycles. The summed E-state index contributed by atoms with van der Waals surface area (Å²) in [6.07, 6.45) is 2.43. The van der Waals surface area contributed by atoms with Gasteiger partial charge >= 0.3 is 0 Å². The van der Waals surface area contributed by atoms with Crippen molar-refractivity contribution in [3.8, 4) is 11.5 Å². The lowest BCUT2D eigenvalue weighted by atomic mass is 10.1. The Bertz CT molecular complexity index is 601. The van der Waals surface area contributed by atoms with Gasteiger partial charge in [0.15, 0.2) is 16.6 Å². The maximum Gasteiger partial charge on any atom is 0.187 e. The molecule has 0 spiro atoms. The fourth-order valence-corrected chi connectivity index (χ4v) is 2.66. The van der Waals surface area contributed by atoms with E-state index < -0.39 is 0 Å². The first-order valence-corrected chi connectivity index (χ1v) is 9.14. The van der Waals surface area contributed by atoms with Gasteiger partial charge in [-0.25, -0.2) is 0 Å². The summed E-state index contributed by atoms with van der Waals surface area (Å²) in [6, 6.07) is 5.78. The predicted molar refractivity (Wildman–Crippen MR) is 104 cm³/mol. The number of hydrazone groups is 1. The number of benzene rings is 1. The maximum absolute atomic E-state index is 5.65. The molecule has 2 N–H and O–H groups in total. The van der Waals surface area contributed by atoms with E-state index in [0.29, 0.717) is 24.9 Å². The van der Waals surface area contributed by atoms with Crippen LogP contribution in [0.2, 0.25) is 0 Å². The topological polar surface area (TPSA) is 64.1 Å². The van der Waals surface area contributed by atoms with Gasteiger partial charge in [-0.15, -0.1) is 0 Å². The van der Waals surface area contributed by atoms with E-state index in [1.165, 1.54) is 0 Å². The molecule has 1 aromatic rings. The number of nitrogens with one attached hydrogen (secondary N) is 2. The van der Waals surface area contributed by atoms with Gasteiger partial charge in [0, 0.05) is 18.7 Å². The second-order valence-corrected chi connectivity index (χ2v) is 6.09. The number of rotatable bonds is 8. The SMILES string of the molecule is CCOc1ccc(/C(C)=N\NC(=S)NC[C@@H]2CCCO2)cc1OCC. The highest BCUT2D eigenvalue weighted by molar-refractivity contribution is 7.80. The minimum Gasteiger partial charge on any atom is -0.490 e. The Kier molecular flexibility index (Phi) is 7.94. The van der Waals surface area contributed by atoms with Crippen LogP contribution in [0.4, 0.5) is 0 Å². The van der Waals surface area contributed by atoms with E-state index in [2.05, 4.69) is 15.8 Å². The molecule has 25 heavy (non-hydrogen) atoms. The lowest BCUT2D eigenvalue weighted by Crippen LogP contribution is -2.37. The van der Waals surface area contributed by atoms with Crippen molar-refractivity contribution in [2.75, 3.05) is 26.4 Å². The molecule has 0 unspecified atom stereocenters. The quantitative estimate of drug-likeness (QED) is 0.420. The molecule has 0 radical (unpaired) electrons. The van der Waals surface area contributed by atoms with Crippen molar-refractivity contribution in [1.29, 1.82) is 0 Å². The molecule has 1 atom stereocenters. The smallest absolute Gasteiger partial charge is 0.187 e. The minimum atomic E-state index is 0.240. The van der Waals surface area contributed by atoms with E-state index in [1.807, 2.05) is 39.0 Å². The van der Waals surface area contributed by atoms with E-state index in [1.54, 1.807) is 0 Å². The highest BCUT2D eigenvalue weighted by atomic mass is 32.1. The van der Waals surface area contributed by atoms with Gasteiger partial charge in [0.2, 0.25) is 0 Å². The summed E-state index contributed by atoms with van der Waals surface area (Å²) >= 11 is 5.25. The first-order chi connectivity index (χ1) is 12.1. The number of ether oxygens (including phenoxy) is 3. The van der Waals surface area contributed by atoms with E-state index in [9.17, 15) is 0 Å². The van der Waals surface area contributed by atoms with Gasteiger partial charge in [-0.3, -0.25) is 5.43 Å². The number of nitrogens with zero attached hydrogens (tertiary/aromatic N) is 1. The average Bonchev–Trinajstić information content (AvgIpc) is 3.13. The third kappa shape index (κ3) is 6.17. The Morgan fingerprint density at radius 3 is 2.72 bits per heavy atom. The summed E-state index contributed by atoms with van der Waals surface area (Å²) < 4.78 is 16.8. The van der Waals surface area contributed by atoms with Crippen LogP contribution in [-0.2, 0) is 4.74 Å². The van der Waals surface area contributed by atoms with E-state index in [4.69, 9.17) is 26.4 Å². The Hall–Kier alpha value is -1.86. The Morgan fingerprint density at radius 1 is 1.28 bits per heavy atom. The molecule has 0 amide bonds. The van der Waals surface area contributed by atoms with Crippen LogP contribution in [0.15, 0.2) is 23.3 Å². The van der Waals surface area contributed by atoms with Crippen LogP contribution in [0, 0.1) is 0 Å². The van der Waals surface area contributed by atoms with Crippen LogP contribution in [0.1, 0.15) is 39.2 Å². The number of thiocarbonyl (C=S) groups is 1. The standard InChI is InChI=1S/C18H27N3O3S/c1-4-22-16-9-8-14(11-17(16)23-5-2)13(3)20-21-18(25)19-12-15-7-6-10-24-15/h8-9,11,15H,4-7,10,12H2,1-3H3,(H2,19,21,25)/b20-13-/t15-/m0/s1. The average molecular weight is 365 g/mol. The van der Waals surface area contributed by atoms with E-state index in [-0.39, 0.29) is 6.10 Å². The van der Waals surface area contributed by atoms with Gasteiger partial charge in [-0.2, -0.15) is 5.10 Å². The molecule has 1 saturated heterocycles. The highest BCUT2D eigenvalue weighted by Crippen LogP contribution is 2.28. The van der Waals surface area contributed by atoms with Crippen LogP contribution >= 0.6 is 12.2 Å². The molecule has 1 aliphatic rings. The molecule has 0 bridgehead atoms.